The zero-order valence-corrected chi connectivity index (χ0v) is 17.3. The lowest BCUT2D eigenvalue weighted by atomic mass is 9.78. The Hall–Kier alpha value is -2.16. The highest BCUT2D eigenvalue weighted by Crippen LogP contribution is 2.35. The smallest absolute Gasteiger partial charge is 0.119 e. The van der Waals surface area contributed by atoms with Crippen LogP contribution in [0.1, 0.15) is 45.4 Å². The Balaban J connectivity index is 1.38. The molecule has 3 rings (SSSR count). The van der Waals surface area contributed by atoms with Gasteiger partial charge < -0.3 is 4.74 Å². The average molecular weight is 399 g/mol. The van der Waals surface area contributed by atoms with Gasteiger partial charge in [0.1, 0.15) is 18.5 Å². The first kappa shape index (κ1) is 21.5. The second kappa shape index (κ2) is 11.1. The molecule has 2 aromatic rings. The molecule has 0 aromatic heterocycles. The Labute approximate surface area is 173 Å². The van der Waals surface area contributed by atoms with Gasteiger partial charge in [-0.25, -0.2) is 8.78 Å². The summed E-state index contributed by atoms with van der Waals surface area (Å²) in [6, 6.07) is 18.3. The fraction of sp³-hybridized carbons (Fsp3) is 0.462. The minimum atomic E-state index is -0.776. The third-order valence-electron chi connectivity index (χ3n) is 5.84. The van der Waals surface area contributed by atoms with Crippen molar-refractivity contribution in [3.05, 3.63) is 66.7 Å². The second-order valence-corrected chi connectivity index (χ2v) is 8.19. The lowest BCUT2D eigenvalue weighted by Crippen LogP contribution is -2.25. The average Bonchev–Trinajstić information content (AvgIpc) is 2.73. The van der Waals surface area contributed by atoms with E-state index in [1.165, 1.54) is 11.1 Å². The van der Waals surface area contributed by atoms with Gasteiger partial charge in [0.15, 0.2) is 0 Å². The summed E-state index contributed by atoms with van der Waals surface area (Å²) in [6.07, 6.45) is 7.22. The number of hydrogen-bond acceptors (Lipinski definition) is 1. The summed E-state index contributed by atoms with van der Waals surface area (Å²) in [5.74, 6) is 1.23. The Kier molecular flexibility index (Phi) is 8.27. The fourth-order valence-electron chi connectivity index (χ4n) is 4.14. The lowest BCUT2D eigenvalue weighted by Gasteiger charge is -2.30. The Morgan fingerprint density at radius 3 is 2.45 bits per heavy atom. The van der Waals surface area contributed by atoms with E-state index in [-0.39, 0.29) is 11.8 Å². The molecular formula is C26H32F2O. The summed E-state index contributed by atoms with van der Waals surface area (Å²) in [6.45, 7) is 2.07. The van der Waals surface area contributed by atoms with Crippen LogP contribution in [0.5, 0.6) is 5.75 Å². The fourth-order valence-corrected chi connectivity index (χ4v) is 4.14. The molecule has 0 radical (unpaired) electrons. The van der Waals surface area contributed by atoms with E-state index < -0.39 is 12.3 Å². The third-order valence-corrected chi connectivity index (χ3v) is 5.84. The van der Waals surface area contributed by atoms with Crippen molar-refractivity contribution < 1.29 is 13.5 Å². The normalized spacial score (nSPS) is 23.2. The van der Waals surface area contributed by atoms with Crippen LogP contribution in [0.2, 0.25) is 0 Å². The zero-order valence-electron chi connectivity index (χ0n) is 17.3. The number of ether oxygens (including phenoxy) is 1. The van der Waals surface area contributed by atoms with Crippen molar-refractivity contribution in [2.75, 3.05) is 6.61 Å². The maximum atomic E-state index is 14.4. The summed E-state index contributed by atoms with van der Waals surface area (Å²) in [5, 5.41) is 0. The lowest BCUT2D eigenvalue weighted by molar-refractivity contribution is 0.130. The first-order valence-corrected chi connectivity index (χ1v) is 10.8. The summed E-state index contributed by atoms with van der Waals surface area (Å²) < 4.78 is 33.1. The van der Waals surface area contributed by atoms with E-state index in [0.29, 0.717) is 19.4 Å². The van der Waals surface area contributed by atoms with Gasteiger partial charge in [-0.1, -0.05) is 61.0 Å². The number of halogens is 2. The van der Waals surface area contributed by atoms with E-state index >= 15 is 0 Å². The van der Waals surface area contributed by atoms with Gasteiger partial charge in [0.2, 0.25) is 0 Å². The molecule has 0 spiro atoms. The summed E-state index contributed by atoms with van der Waals surface area (Å²) in [7, 11) is 0. The largest absolute Gasteiger partial charge is 0.490 e. The molecule has 3 heteroatoms. The van der Waals surface area contributed by atoms with Gasteiger partial charge in [0.05, 0.1) is 6.17 Å². The first-order valence-electron chi connectivity index (χ1n) is 10.8. The van der Waals surface area contributed by atoms with Crippen LogP contribution in [0.15, 0.2) is 66.7 Å². The predicted octanol–water partition coefficient (Wildman–Crippen LogP) is 7.57. The van der Waals surface area contributed by atoms with Crippen LogP contribution in [0.4, 0.5) is 8.78 Å². The topological polar surface area (TPSA) is 9.23 Å². The maximum absolute atomic E-state index is 14.4. The third kappa shape index (κ3) is 6.99. The molecule has 0 heterocycles. The molecule has 1 saturated carbocycles. The molecule has 0 aliphatic heterocycles. The van der Waals surface area contributed by atoms with Crippen LogP contribution >= 0.6 is 0 Å². The molecule has 0 amide bonds. The van der Waals surface area contributed by atoms with Gasteiger partial charge in [-0.2, -0.15) is 0 Å². The van der Waals surface area contributed by atoms with Gasteiger partial charge in [0, 0.05) is 0 Å². The number of rotatable bonds is 9. The van der Waals surface area contributed by atoms with Gasteiger partial charge >= 0.3 is 0 Å². The Morgan fingerprint density at radius 1 is 1.03 bits per heavy atom. The van der Waals surface area contributed by atoms with Gasteiger partial charge in [0.25, 0.3) is 0 Å². The SMILES string of the molecule is CC(F)CCC[C@@H]1CC[C@@H](C=CCOc2ccc(-c3ccccc3)cc2)C[C@@H]1F. The number of hydrogen-bond donors (Lipinski definition) is 0. The van der Waals surface area contributed by atoms with Crippen LogP contribution in [0.25, 0.3) is 11.1 Å². The van der Waals surface area contributed by atoms with Crippen LogP contribution in [0, 0.1) is 11.8 Å². The van der Waals surface area contributed by atoms with Crippen molar-refractivity contribution in [1.29, 1.82) is 0 Å². The number of benzene rings is 2. The van der Waals surface area contributed by atoms with Crippen LogP contribution in [-0.2, 0) is 0 Å². The van der Waals surface area contributed by atoms with E-state index in [1.54, 1.807) is 6.92 Å². The maximum Gasteiger partial charge on any atom is 0.119 e. The summed E-state index contributed by atoms with van der Waals surface area (Å²) in [5.41, 5.74) is 2.36. The summed E-state index contributed by atoms with van der Waals surface area (Å²) >= 11 is 0. The monoisotopic (exact) mass is 398 g/mol. The highest BCUT2D eigenvalue weighted by Gasteiger charge is 2.28. The Morgan fingerprint density at radius 2 is 1.76 bits per heavy atom. The molecule has 0 bridgehead atoms. The highest BCUT2D eigenvalue weighted by atomic mass is 19.1. The Bertz CT molecular complexity index is 739. The number of alkyl halides is 2. The highest BCUT2D eigenvalue weighted by molar-refractivity contribution is 5.63. The van der Waals surface area contributed by atoms with Gasteiger partial charge in [-0.3, -0.25) is 0 Å². The molecule has 0 saturated heterocycles. The summed E-state index contributed by atoms with van der Waals surface area (Å²) in [4.78, 5) is 0. The van der Waals surface area contributed by atoms with Crippen LogP contribution in [0.3, 0.4) is 0 Å². The molecule has 1 aliphatic rings. The molecule has 2 aromatic carbocycles. The van der Waals surface area contributed by atoms with E-state index in [4.69, 9.17) is 4.74 Å². The first-order chi connectivity index (χ1) is 14.1. The van der Waals surface area contributed by atoms with Crippen molar-refractivity contribution in [3.8, 4) is 16.9 Å². The zero-order chi connectivity index (χ0) is 20.5. The molecule has 1 unspecified atom stereocenters. The van der Waals surface area contributed by atoms with E-state index in [2.05, 4.69) is 30.3 Å². The molecule has 1 aliphatic carbocycles. The predicted molar refractivity (Wildman–Crippen MR) is 117 cm³/mol. The molecule has 0 N–H and O–H groups in total. The minimum Gasteiger partial charge on any atom is -0.490 e. The quantitative estimate of drug-likeness (QED) is 0.396. The number of allylic oxidation sites excluding steroid dienone is 1. The molecular weight excluding hydrogens is 366 g/mol. The van der Waals surface area contributed by atoms with Crippen molar-refractivity contribution in [3.63, 3.8) is 0 Å². The van der Waals surface area contributed by atoms with Crippen molar-refractivity contribution in [2.24, 2.45) is 11.8 Å². The van der Waals surface area contributed by atoms with Crippen LogP contribution < -0.4 is 4.74 Å². The van der Waals surface area contributed by atoms with Crippen molar-refractivity contribution >= 4 is 0 Å². The van der Waals surface area contributed by atoms with Crippen molar-refractivity contribution in [1.82, 2.24) is 0 Å². The van der Waals surface area contributed by atoms with Crippen LogP contribution in [-0.4, -0.2) is 19.0 Å². The van der Waals surface area contributed by atoms with Gasteiger partial charge in [-0.05, 0) is 74.1 Å². The van der Waals surface area contributed by atoms with Gasteiger partial charge in [-0.15, -0.1) is 0 Å². The molecule has 1 fully saturated rings. The van der Waals surface area contributed by atoms with E-state index in [9.17, 15) is 8.78 Å². The molecule has 29 heavy (non-hydrogen) atoms. The minimum absolute atomic E-state index is 0.109. The van der Waals surface area contributed by atoms with E-state index in [0.717, 1.165) is 31.4 Å². The molecule has 156 valence electrons. The standard InChI is InChI=1S/C26H32F2O/c1-20(27)7-5-11-24-13-12-21(19-26(24)28)8-6-18-29-25-16-14-23(15-17-25)22-9-3-2-4-10-22/h2-4,6,8-10,14-17,20-21,24,26H,5,7,11-13,18-19H2,1H3/t20?,21-,24-,26+/m1/s1. The van der Waals surface area contributed by atoms with E-state index in [1.807, 2.05) is 36.4 Å². The molecule has 4 atom stereocenters. The second-order valence-electron chi connectivity index (χ2n) is 8.19. The van der Waals surface area contributed by atoms with Crippen molar-refractivity contribution in [2.45, 2.75) is 57.8 Å². The molecule has 1 nitrogen and oxygen atoms in total.